The van der Waals surface area contributed by atoms with Crippen LogP contribution in [0.15, 0.2) is 48.5 Å². The van der Waals surface area contributed by atoms with E-state index in [0.717, 1.165) is 48.5 Å². The van der Waals surface area contributed by atoms with Crippen molar-refractivity contribution in [2.75, 3.05) is 0 Å². The molecule has 0 fully saturated rings. The van der Waals surface area contributed by atoms with Crippen LogP contribution in [0, 0.1) is 0 Å². The van der Waals surface area contributed by atoms with Crippen molar-refractivity contribution in [2.45, 2.75) is 0 Å². The normalized spacial score (nSPS) is 10.4. The zero-order valence-electron chi connectivity index (χ0n) is 21.5. The topological polar surface area (TPSA) is 298 Å². The Bertz CT molecular complexity index is 1740. The van der Waals surface area contributed by atoms with Crippen molar-refractivity contribution in [1.29, 1.82) is 0 Å². The summed E-state index contributed by atoms with van der Waals surface area (Å²) in [4.78, 5) is 89.2. The summed E-state index contributed by atoms with van der Waals surface area (Å²) in [6.07, 6.45) is 0. The predicted octanol–water partition coefficient (Wildman–Crippen LogP) is 3.27. The van der Waals surface area contributed by atoms with E-state index in [-0.39, 0.29) is 21.5 Å². The van der Waals surface area contributed by atoms with E-state index >= 15 is 0 Å². The minimum atomic E-state index is -1.55. The van der Waals surface area contributed by atoms with Gasteiger partial charge < -0.3 is 40.9 Å². The lowest BCUT2D eigenvalue weighted by atomic mass is 9.93. The van der Waals surface area contributed by atoms with Crippen LogP contribution in [-0.2, 0) is 0 Å². The Morgan fingerprint density at radius 3 is 0.727 bits per heavy atom. The fourth-order valence-electron chi connectivity index (χ4n) is 4.28. The molecule has 0 radical (unpaired) electrons. The molecule has 16 heteroatoms. The van der Waals surface area contributed by atoms with Gasteiger partial charge in [-0.2, -0.15) is 0 Å². The lowest BCUT2D eigenvalue weighted by molar-refractivity contribution is 0.0651. The summed E-state index contributed by atoms with van der Waals surface area (Å²) in [6.45, 7) is 0. The number of hydrogen-bond donors (Lipinski definition) is 8. The number of carbonyl (C=O) groups is 8. The molecule has 0 aliphatic heterocycles. The highest BCUT2D eigenvalue weighted by Crippen LogP contribution is 2.29. The van der Waals surface area contributed by atoms with Gasteiger partial charge >= 0.3 is 47.8 Å². The fourth-order valence-corrected chi connectivity index (χ4v) is 4.28. The molecule has 0 aliphatic carbocycles. The molecule has 4 rings (SSSR count). The van der Waals surface area contributed by atoms with Gasteiger partial charge in [0, 0.05) is 0 Å². The quantitative estimate of drug-likeness (QED) is 0.142. The number of fused-ring (bicyclic) bond motifs is 2. The van der Waals surface area contributed by atoms with E-state index in [1.807, 2.05) is 0 Å². The first-order valence-electron chi connectivity index (χ1n) is 11.6. The van der Waals surface area contributed by atoms with Crippen LogP contribution in [0.1, 0.15) is 82.9 Å². The van der Waals surface area contributed by atoms with Gasteiger partial charge in [0.25, 0.3) is 0 Å². The Hall–Kier alpha value is -6.84. The lowest BCUT2D eigenvalue weighted by Crippen LogP contribution is -2.12. The van der Waals surface area contributed by atoms with Crippen molar-refractivity contribution in [2.24, 2.45) is 0 Å². The molecular weight excluding hydrogens is 592 g/mol. The van der Waals surface area contributed by atoms with Crippen molar-refractivity contribution in [3.05, 3.63) is 93.0 Å². The number of aromatic carboxylic acids is 8. The molecule has 0 bridgehead atoms. The molecule has 224 valence electrons. The van der Waals surface area contributed by atoms with Gasteiger partial charge in [0.1, 0.15) is 0 Å². The fraction of sp³-hybridized carbons (Fsp3) is 0. The largest absolute Gasteiger partial charge is 0.478 e. The van der Waals surface area contributed by atoms with Gasteiger partial charge in [-0.05, 0) is 57.9 Å². The van der Waals surface area contributed by atoms with Crippen LogP contribution in [0.25, 0.3) is 21.5 Å². The van der Waals surface area contributed by atoms with Crippen LogP contribution < -0.4 is 0 Å². The van der Waals surface area contributed by atoms with Crippen molar-refractivity contribution < 1.29 is 79.2 Å². The number of carboxylic acid groups (broad SMARTS) is 8. The van der Waals surface area contributed by atoms with Crippen LogP contribution >= 0.6 is 0 Å². The van der Waals surface area contributed by atoms with E-state index < -0.39 is 92.3 Å². The molecule has 0 heterocycles. The van der Waals surface area contributed by atoms with Gasteiger partial charge in [-0.1, -0.05) is 12.1 Å². The molecule has 4 aromatic rings. The molecule has 4 aromatic carbocycles. The van der Waals surface area contributed by atoms with E-state index in [1.165, 1.54) is 0 Å². The maximum Gasteiger partial charge on any atom is 0.337 e. The molecule has 44 heavy (non-hydrogen) atoms. The molecular formula is C28H16O16. The second-order valence-electron chi connectivity index (χ2n) is 8.66. The Labute approximate surface area is 241 Å². The Morgan fingerprint density at radius 1 is 0.318 bits per heavy atom. The summed E-state index contributed by atoms with van der Waals surface area (Å²) in [6, 6.07) is 8.04. The van der Waals surface area contributed by atoms with Gasteiger partial charge in [-0.15, -0.1) is 0 Å². The van der Waals surface area contributed by atoms with Crippen LogP contribution in [0.2, 0.25) is 0 Å². The Balaban J connectivity index is 0.000000240. The lowest BCUT2D eigenvalue weighted by Gasteiger charge is -2.10. The monoisotopic (exact) mass is 608 g/mol. The molecule has 0 atom stereocenters. The first-order chi connectivity index (χ1) is 20.5. The predicted molar refractivity (Wildman–Crippen MR) is 144 cm³/mol. The molecule has 0 saturated carbocycles. The van der Waals surface area contributed by atoms with Gasteiger partial charge in [0.05, 0.1) is 44.5 Å². The van der Waals surface area contributed by atoms with Crippen LogP contribution in [-0.4, -0.2) is 88.6 Å². The van der Waals surface area contributed by atoms with E-state index in [2.05, 4.69) is 0 Å². The van der Waals surface area contributed by atoms with Crippen molar-refractivity contribution in [3.8, 4) is 0 Å². The maximum atomic E-state index is 11.3. The molecule has 0 aliphatic rings. The molecule has 16 nitrogen and oxygen atoms in total. The third-order valence-electron chi connectivity index (χ3n) is 6.12. The third kappa shape index (κ3) is 5.93. The highest BCUT2D eigenvalue weighted by atomic mass is 16.4. The summed E-state index contributed by atoms with van der Waals surface area (Å²) in [7, 11) is 0. The number of rotatable bonds is 8. The Morgan fingerprint density at radius 2 is 0.545 bits per heavy atom. The Kier molecular flexibility index (Phi) is 8.61. The van der Waals surface area contributed by atoms with Crippen LogP contribution in [0.3, 0.4) is 0 Å². The SMILES string of the molecule is O=C(O)c1cc2cc(C(=O)O)c(C(=O)O)cc2cc1C(=O)O.O=C(O)c1ccc2c(C(=O)O)c(C(=O)O)ccc2c1C(=O)O. The molecule has 0 saturated heterocycles. The molecule has 0 unspecified atom stereocenters. The van der Waals surface area contributed by atoms with E-state index in [0.29, 0.717) is 0 Å². The van der Waals surface area contributed by atoms with Crippen LogP contribution in [0.4, 0.5) is 0 Å². The summed E-state index contributed by atoms with van der Waals surface area (Å²) in [5.41, 5.74) is -4.27. The summed E-state index contributed by atoms with van der Waals surface area (Å²) < 4.78 is 0. The summed E-state index contributed by atoms with van der Waals surface area (Å²) in [5, 5.41) is 72.4. The number of hydrogen-bond acceptors (Lipinski definition) is 8. The van der Waals surface area contributed by atoms with Crippen molar-refractivity contribution in [1.82, 2.24) is 0 Å². The molecule has 0 aromatic heterocycles. The van der Waals surface area contributed by atoms with Gasteiger partial charge in [-0.25, -0.2) is 38.4 Å². The van der Waals surface area contributed by atoms with Gasteiger partial charge in [-0.3, -0.25) is 0 Å². The highest BCUT2D eigenvalue weighted by molar-refractivity contribution is 6.18. The summed E-state index contributed by atoms with van der Waals surface area (Å²) in [5.74, 6) is -12.0. The maximum absolute atomic E-state index is 11.3. The summed E-state index contributed by atoms with van der Waals surface area (Å²) >= 11 is 0. The molecule has 0 amide bonds. The van der Waals surface area contributed by atoms with E-state index in [9.17, 15) is 48.6 Å². The van der Waals surface area contributed by atoms with Gasteiger partial charge in [0.2, 0.25) is 0 Å². The first kappa shape index (κ1) is 31.7. The smallest absolute Gasteiger partial charge is 0.337 e. The zero-order valence-corrected chi connectivity index (χ0v) is 21.5. The second-order valence-corrected chi connectivity index (χ2v) is 8.66. The molecule has 8 N–H and O–H groups in total. The second kappa shape index (κ2) is 12.0. The van der Waals surface area contributed by atoms with E-state index in [1.54, 1.807) is 0 Å². The van der Waals surface area contributed by atoms with Crippen molar-refractivity contribution >= 4 is 69.3 Å². The minimum Gasteiger partial charge on any atom is -0.478 e. The average Bonchev–Trinajstić information content (AvgIpc) is 2.93. The van der Waals surface area contributed by atoms with Crippen LogP contribution in [0.5, 0.6) is 0 Å². The average molecular weight is 608 g/mol. The minimum absolute atomic E-state index is 0.116. The third-order valence-corrected chi connectivity index (χ3v) is 6.12. The highest BCUT2D eigenvalue weighted by Gasteiger charge is 2.25. The first-order valence-corrected chi connectivity index (χ1v) is 11.6. The number of benzene rings is 4. The van der Waals surface area contributed by atoms with Gasteiger partial charge in [0.15, 0.2) is 0 Å². The number of carboxylic acids is 8. The zero-order chi connectivity index (χ0) is 33.2. The molecule has 0 spiro atoms. The van der Waals surface area contributed by atoms with Crippen molar-refractivity contribution in [3.63, 3.8) is 0 Å². The van der Waals surface area contributed by atoms with E-state index in [4.69, 9.17) is 30.6 Å². The standard InChI is InChI=1S/2C14H8O8/c15-11(16)7-1-5-2-9(13(19)20)10(14(21)22)4-6(5)3-8(7)12(17)18;15-11(16)7-3-1-5-6(10(7)14(21)22)2-4-8(12(17)18)9(5)13(19)20/h2*1-4H,(H,15,16)(H,17,18)(H,19,20)(H,21,22).